The summed E-state index contributed by atoms with van der Waals surface area (Å²) >= 11 is 0. The van der Waals surface area contributed by atoms with Gasteiger partial charge in [-0.2, -0.15) is 0 Å². The molecule has 0 atom stereocenters. The predicted molar refractivity (Wildman–Crippen MR) is 80.1 cm³/mol. The number of nitrogens with one attached hydrogen (secondary N) is 1. The second-order valence-electron chi connectivity index (χ2n) is 5.01. The van der Waals surface area contributed by atoms with Gasteiger partial charge in [0.2, 0.25) is 0 Å². The van der Waals surface area contributed by atoms with Crippen LogP contribution < -0.4 is 5.32 Å². The highest BCUT2D eigenvalue weighted by Gasteiger charge is 2.05. The van der Waals surface area contributed by atoms with E-state index in [4.69, 9.17) is 0 Å². The SMILES string of the molecule is Cc1cc(NCc2cn3ccccc3n2)c(C)cc1O. The Balaban J connectivity index is 1.81. The number of aromatic hydroxyl groups is 1. The van der Waals surface area contributed by atoms with Crippen LogP contribution in [0.2, 0.25) is 0 Å². The quantitative estimate of drug-likeness (QED) is 0.716. The summed E-state index contributed by atoms with van der Waals surface area (Å²) in [5, 5.41) is 13.0. The molecule has 102 valence electrons. The molecule has 3 aromatic rings. The van der Waals surface area contributed by atoms with Gasteiger partial charge in [-0.15, -0.1) is 0 Å². The van der Waals surface area contributed by atoms with Gasteiger partial charge < -0.3 is 14.8 Å². The number of aromatic nitrogens is 2. The van der Waals surface area contributed by atoms with Crippen LogP contribution in [0.4, 0.5) is 5.69 Å². The number of hydrogen-bond donors (Lipinski definition) is 2. The largest absolute Gasteiger partial charge is 0.508 e. The third-order valence-electron chi connectivity index (χ3n) is 3.42. The first kappa shape index (κ1) is 12.5. The number of rotatable bonds is 3. The summed E-state index contributed by atoms with van der Waals surface area (Å²) in [5.74, 6) is 0.334. The van der Waals surface area contributed by atoms with Crippen LogP contribution in [0.1, 0.15) is 16.8 Å². The van der Waals surface area contributed by atoms with Gasteiger partial charge in [-0.25, -0.2) is 4.98 Å². The summed E-state index contributed by atoms with van der Waals surface area (Å²) in [6.07, 6.45) is 4.01. The second kappa shape index (κ2) is 4.89. The molecule has 0 saturated heterocycles. The van der Waals surface area contributed by atoms with Gasteiger partial charge in [0.1, 0.15) is 11.4 Å². The van der Waals surface area contributed by atoms with Crippen LogP contribution in [0.5, 0.6) is 5.75 Å². The minimum Gasteiger partial charge on any atom is -0.508 e. The van der Waals surface area contributed by atoms with Gasteiger partial charge in [0, 0.05) is 18.1 Å². The molecule has 0 radical (unpaired) electrons. The maximum absolute atomic E-state index is 9.66. The van der Waals surface area contributed by atoms with Crippen molar-refractivity contribution in [3.63, 3.8) is 0 Å². The molecule has 0 spiro atoms. The Morgan fingerprint density at radius 3 is 2.85 bits per heavy atom. The average Bonchev–Trinajstić information content (AvgIpc) is 2.84. The molecule has 4 heteroatoms. The molecule has 2 aromatic heterocycles. The molecule has 0 amide bonds. The Morgan fingerprint density at radius 2 is 2.05 bits per heavy atom. The van der Waals surface area contributed by atoms with Gasteiger partial charge >= 0.3 is 0 Å². The van der Waals surface area contributed by atoms with E-state index >= 15 is 0 Å². The van der Waals surface area contributed by atoms with Gasteiger partial charge in [-0.1, -0.05) is 6.07 Å². The number of phenols is 1. The Morgan fingerprint density at radius 1 is 1.20 bits per heavy atom. The Hall–Kier alpha value is -2.49. The minimum atomic E-state index is 0.334. The van der Waals surface area contributed by atoms with Gasteiger partial charge in [-0.05, 0) is 49.2 Å². The summed E-state index contributed by atoms with van der Waals surface area (Å²) in [6, 6.07) is 9.69. The molecule has 0 aliphatic heterocycles. The van der Waals surface area contributed by atoms with Crippen LogP contribution in [-0.4, -0.2) is 14.5 Å². The summed E-state index contributed by atoms with van der Waals surface area (Å²) in [7, 11) is 0. The average molecular weight is 267 g/mol. The third kappa shape index (κ3) is 2.32. The first-order valence-corrected chi connectivity index (χ1v) is 6.60. The molecule has 2 heterocycles. The number of benzene rings is 1. The van der Waals surface area contributed by atoms with Crippen molar-refractivity contribution in [1.29, 1.82) is 0 Å². The normalized spacial score (nSPS) is 10.9. The smallest absolute Gasteiger partial charge is 0.137 e. The molecule has 1 aromatic carbocycles. The first-order chi connectivity index (χ1) is 9.63. The molecule has 3 rings (SSSR count). The van der Waals surface area contributed by atoms with Crippen molar-refractivity contribution in [2.24, 2.45) is 0 Å². The van der Waals surface area contributed by atoms with Gasteiger partial charge in [0.05, 0.1) is 12.2 Å². The molecule has 0 fully saturated rings. The number of fused-ring (bicyclic) bond motifs is 1. The van der Waals surface area contributed by atoms with Crippen LogP contribution in [0.3, 0.4) is 0 Å². The lowest BCUT2D eigenvalue weighted by molar-refractivity contribution is 0.471. The van der Waals surface area contributed by atoms with Crippen molar-refractivity contribution in [1.82, 2.24) is 9.38 Å². The van der Waals surface area contributed by atoms with Crippen LogP contribution in [0.25, 0.3) is 5.65 Å². The van der Waals surface area contributed by atoms with Crippen molar-refractivity contribution in [3.8, 4) is 5.75 Å². The highest BCUT2D eigenvalue weighted by Crippen LogP contribution is 2.25. The molecule has 4 nitrogen and oxygen atoms in total. The van der Waals surface area contributed by atoms with E-state index in [0.29, 0.717) is 12.3 Å². The third-order valence-corrected chi connectivity index (χ3v) is 3.42. The number of phenolic OH excluding ortho intramolecular Hbond substituents is 1. The minimum absolute atomic E-state index is 0.334. The monoisotopic (exact) mass is 267 g/mol. The lowest BCUT2D eigenvalue weighted by Crippen LogP contribution is -2.01. The lowest BCUT2D eigenvalue weighted by Gasteiger charge is -2.10. The van der Waals surface area contributed by atoms with E-state index in [2.05, 4.69) is 10.3 Å². The van der Waals surface area contributed by atoms with Crippen LogP contribution in [-0.2, 0) is 6.54 Å². The zero-order valence-corrected chi connectivity index (χ0v) is 11.6. The summed E-state index contributed by atoms with van der Waals surface area (Å²) in [4.78, 5) is 4.55. The van der Waals surface area contributed by atoms with E-state index in [1.165, 1.54) is 0 Å². The molecular weight excluding hydrogens is 250 g/mol. The fraction of sp³-hybridized carbons (Fsp3) is 0.188. The number of pyridine rings is 1. The van der Waals surface area contributed by atoms with Crippen molar-refractivity contribution < 1.29 is 5.11 Å². The molecule has 0 bridgehead atoms. The summed E-state index contributed by atoms with van der Waals surface area (Å²) in [5.41, 5.74) is 4.85. The maximum atomic E-state index is 9.66. The molecule has 0 aliphatic carbocycles. The second-order valence-corrected chi connectivity index (χ2v) is 5.01. The van der Waals surface area contributed by atoms with Crippen molar-refractivity contribution >= 4 is 11.3 Å². The fourth-order valence-corrected chi connectivity index (χ4v) is 2.25. The topological polar surface area (TPSA) is 49.6 Å². The standard InChI is InChI=1S/C16H17N3O/c1-11-8-15(20)12(2)7-14(11)17-9-13-10-19-6-4-3-5-16(19)18-13/h3-8,10,17,20H,9H2,1-2H3. The van der Waals surface area contributed by atoms with E-state index in [-0.39, 0.29) is 0 Å². The first-order valence-electron chi connectivity index (χ1n) is 6.60. The Labute approximate surface area is 117 Å². The number of imidazole rings is 1. The molecule has 20 heavy (non-hydrogen) atoms. The van der Waals surface area contributed by atoms with Crippen LogP contribution in [0, 0.1) is 13.8 Å². The van der Waals surface area contributed by atoms with E-state index < -0.39 is 0 Å². The maximum Gasteiger partial charge on any atom is 0.137 e. The highest BCUT2D eigenvalue weighted by atomic mass is 16.3. The number of hydrogen-bond acceptors (Lipinski definition) is 3. The Kier molecular flexibility index (Phi) is 3.06. The van der Waals surface area contributed by atoms with Gasteiger partial charge in [0.25, 0.3) is 0 Å². The van der Waals surface area contributed by atoms with Crippen molar-refractivity contribution in [3.05, 3.63) is 59.5 Å². The number of anilines is 1. The zero-order chi connectivity index (χ0) is 14.1. The molecular formula is C16H17N3O. The molecule has 2 N–H and O–H groups in total. The summed E-state index contributed by atoms with van der Waals surface area (Å²) < 4.78 is 2.01. The van der Waals surface area contributed by atoms with Gasteiger partial charge in [0.15, 0.2) is 0 Å². The van der Waals surface area contributed by atoms with Crippen LogP contribution in [0.15, 0.2) is 42.7 Å². The zero-order valence-electron chi connectivity index (χ0n) is 11.6. The van der Waals surface area contributed by atoms with E-state index in [0.717, 1.165) is 28.2 Å². The molecule has 0 aliphatic rings. The van der Waals surface area contributed by atoms with Crippen molar-refractivity contribution in [2.45, 2.75) is 20.4 Å². The number of nitrogens with zero attached hydrogens (tertiary/aromatic N) is 2. The summed E-state index contributed by atoms with van der Waals surface area (Å²) in [6.45, 7) is 4.53. The lowest BCUT2D eigenvalue weighted by atomic mass is 10.1. The Bertz CT molecular complexity index is 729. The van der Waals surface area contributed by atoms with E-state index in [9.17, 15) is 5.11 Å². The van der Waals surface area contributed by atoms with Crippen molar-refractivity contribution in [2.75, 3.05) is 5.32 Å². The van der Waals surface area contributed by atoms with Gasteiger partial charge in [-0.3, -0.25) is 0 Å². The van der Waals surface area contributed by atoms with E-state index in [1.54, 1.807) is 6.07 Å². The van der Waals surface area contributed by atoms with Crippen LogP contribution >= 0.6 is 0 Å². The predicted octanol–water partition coefficient (Wildman–Crippen LogP) is 3.27. The molecule has 0 saturated carbocycles. The molecule has 0 unspecified atom stereocenters. The highest BCUT2D eigenvalue weighted by molar-refractivity contribution is 5.56. The number of aryl methyl sites for hydroxylation is 2. The van der Waals surface area contributed by atoms with E-state index in [1.807, 2.05) is 54.9 Å². The fourth-order valence-electron chi connectivity index (χ4n) is 2.25.